The third-order valence-corrected chi connectivity index (χ3v) is 7.48. The molecule has 1 aliphatic heterocycles. The Morgan fingerprint density at radius 1 is 1.10 bits per heavy atom. The van der Waals surface area contributed by atoms with E-state index in [1.54, 1.807) is 0 Å². The van der Waals surface area contributed by atoms with E-state index in [9.17, 15) is 18.3 Å². The molecule has 0 saturated carbocycles. The molecule has 8 heteroatoms. The number of carbonyl (C=O) groups is 1. The summed E-state index contributed by atoms with van der Waals surface area (Å²) in [7, 11) is -1.54. The topological polar surface area (TPSA) is 91.6 Å². The van der Waals surface area contributed by atoms with Crippen LogP contribution in [0, 0.1) is 0 Å². The molecule has 2 aromatic carbocycles. The molecule has 1 fully saturated rings. The zero-order valence-electron chi connectivity index (χ0n) is 16.8. The van der Waals surface area contributed by atoms with Gasteiger partial charge in [-0.1, -0.05) is 6.07 Å². The highest BCUT2D eigenvalue weighted by molar-refractivity contribution is 7.89. The van der Waals surface area contributed by atoms with Gasteiger partial charge in [0.25, 0.3) is 5.91 Å². The molecule has 0 unspecified atom stereocenters. The molecule has 3 aromatic rings. The number of carbonyl (C=O) groups excluding carboxylic acids is 1. The van der Waals surface area contributed by atoms with Crippen molar-refractivity contribution < 1.29 is 18.3 Å². The number of aliphatic hydroxyl groups excluding tert-OH is 1. The molecule has 1 saturated heterocycles. The molecular formula is C22H25N3O4S. The van der Waals surface area contributed by atoms with Gasteiger partial charge >= 0.3 is 0 Å². The predicted octanol–water partition coefficient (Wildman–Crippen LogP) is 2.43. The van der Waals surface area contributed by atoms with Gasteiger partial charge in [0.2, 0.25) is 10.0 Å². The lowest BCUT2D eigenvalue weighted by Crippen LogP contribution is -2.29. The van der Waals surface area contributed by atoms with Gasteiger partial charge < -0.3 is 15.0 Å². The zero-order chi connectivity index (χ0) is 21.3. The molecule has 30 heavy (non-hydrogen) atoms. The number of aryl methyl sites for hydroxylation is 1. The first-order chi connectivity index (χ1) is 14.4. The molecule has 158 valence electrons. The first-order valence-corrected chi connectivity index (χ1v) is 11.4. The van der Waals surface area contributed by atoms with Gasteiger partial charge in [0, 0.05) is 44.0 Å². The molecule has 1 aliphatic rings. The van der Waals surface area contributed by atoms with E-state index in [1.807, 2.05) is 42.1 Å². The number of fused-ring (bicyclic) bond motifs is 1. The summed E-state index contributed by atoms with van der Waals surface area (Å²) in [5.41, 5.74) is 2.14. The van der Waals surface area contributed by atoms with Gasteiger partial charge in [0.05, 0.1) is 11.0 Å². The second-order valence-corrected chi connectivity index (χ2v) is 9.54. The van der Waals surface area contributed by atoms with Crippen LogP contribution in [0.5, 0.6) is 0 Å². The molecular weight excluding hydrogens is 402 g/mol. The molecule has 0 aliphatic carbocycles. The van der Waals surface area contributed by atoms with Crippen LogP contribution in [0.1, 0.15) is 34.9 Å². The third-order valence-electron chi connectivity index (χ3n) is 5.57. The lowest BCUT2D eigenvalue weighted by Gasteiger charge is -2.16. The second kappa shape index (κ2) is 8.22. The number of amides is 1. The molecule has 2 N–H and O–H groups in total. The molecule has 0 spiro atoms. The van der Waals surface area contributed by atoms with Crippen LogP contribution in [0.2, 0.25) is 0 Å². The van der Waals surface area contributed by atoms with Crippen LogP contribution in [-0.4, -0.2) is 47.9 Å². The summed E-state index contributed by atoms with van der Waals surface area (Å²) >= 11 is 0. The molecule has 0 bridgehead atoms. The van der Waals surface area contributed by atoms with Gasteiger partial charge in [-0.2, -0.15) is 4.31 Å². The first-order valence-electron chi connectivity index (χ1n) is 9.98. The van der Waals surface area contributed by atoms with Crippen LogP contribution in [0.15, 0.2) is 59.6 Å². The number of hydrogen-bond donors (Lipinski definition) is 2. The largest absolute Gasteiger partial charge is 0.387 e. The van der Waals surface area contributed by atoms with E-state index in [0.717, 1.165) is 29.3 Å². The molecule has 1 aromatic heterocycles. The SMILES string of the molecule is Cn1ccc2cc([C@@H](O)CNC(=O)c3ccc(S(=O)(=O)N4CCCC4)cc3)ccc21. The Bertz CT molecular complexity index is 1160. The molecule has 2 heterocycles. The molecule has 4 rings (SSSR count). The van der Waals surface area contributed by atoms with E-state index in [0.29, 0.717) is 18.7 Å². The Balaban J connectivity index is 1.39. The number of aliphatic hydroxyl groups is 1. The van der Waals surface area contributed by atoms with E-state index in [-0.39, 0.29) is 17.3 Å². The Kier molecular flexibility index (Phi) is 5.64. The summed E-state index contributed by atoms with van der Waals surface area (Å²) in [6.07, 6.45) is 2.86. The molecule has 1 amide bonds. The Morgan fingerprint density at radius 3 is 2.50 bits per heavy atom. The lowest BCUT2D eigenvalue weighted by molar-refractivity contribution is 0.0916. The highest BCUT2D eigenvalue weighted by Gasteiger charge is 2.27. The van der Waals surface area contributed by atoms with Crippen LogP contribution < -0.4 is 5.32 Å². The summed E-state index contributed by atoms with van der Waals surface area (Å²) in [6.45, 7) is 1.14. The lowest BCUT2D eigenvalue weighted by atomic mass is 10.1. The highest BCUT2D eigenvalue weighted by atomic mass is 32.2. The van der Waals surface area contributed by atoms with Crippen molar-refractivity contribution in [2.75, 3.05) is 19.6 Å². The zero-order valence-corrected chi connectivity index (χ0v) is 17.6. The summed E-state index contributed by atoms with van der Waals surface area (Å²) in [6, 6.07) is 13.6. The van der Waals surface area contributed by atoms with E-state index in [2.05, 4.69) is 5.32 Å². The smallest absolute Gasteiger partial charge is 0.251 e. The predicted molar refractivity (Wildman–Crippen MR) is 115 cm³/mol. The van der Waals surface area contributed by atoms with Crippen molar-refractivity contribution in [3.63, 3.8) is 0 Å². The Labute approximate surface area is 176 Å². The minimum absolute atomic E-state index is 0.0605. The fourth-order valence-corrected chi connectivity index (χ4v) is 5.29. The van der Waals surface area contributed by atoms with Gasteiger partial charge in [-0.15, -0.1) is 0 Å². The summed E-state index contributed by atoms with van der Waals surface area (Å²) in [5, 5.41) is 14.2. The van der Waals surface area contributed by atoms with Crippen molar-refractivity contribution in [3.05, 3.63) is 65.9 Å². The van der Waals surface area contributed by atoms with Crippen LogP contribution in [0.25, 0.3) is 10.9 Å². The third kappa shape index (κ3) is 3.98. The average Bonchev–Trinajstić information content (AvgIpc) is 3.42. The van der Waals surface area contributed by atoms with Gasteiger partial charge in [-0.25, -0.2) is 8.42 Å². The van der Waals surface area contributed by atoms with E-state index < -0.39 is 16.1 Å². The molecule has 7 nitrogen and oxygen atoms in total. The minimum Gasteiger partial charge on any atom is -0.387 e. The van der Waals surface area contributed by atoms with Gasteiger partial charge in [0.15, 0.2) is 0 Å². The maximum atomic E-state index is 12.6. The van der Waals surface area contributed by atoms with Crippen LogP contribution >= 0.6 is 0 Å². The van der Waals surface area contributed by atoms with Crippen LogP contribution in [0.3, 0.4) is 0 Å². The number of hydrogen-bond acceptors (Lipinski definition) is 4. The number of nitrogens with zero attached hydrogens (tertiary/aromatic N) is 2. The maximum absolute atomic E-state index is 12.6. The fourth-order valence-electron chi connectivity index (χ4n) is 3.77. The summed E-state index contributed by atoms with van der Waals surface area (Å²) < 4.78 is 28.6. The number of benzene rings is 2. The van der Waals surface area contributed by atoms with Crippen molar-refractivity contribution >= 4 is 26.8 Å². The van der Waals surface area contributed by atoms with Gasteiger partial charge in [0.1, 0.15) is 0 Å². The Morgan fingerprint density at radius 2 is 1.80 bits per heavy atom. The van der Waals surface area contributed by atoms with Crippen molar-refractivity contribution in [2.45, 2.75) is 23.8 Å². The number of rotatable bonds is 6. The van der Waals surface area contributed by atoms with E-state index in [1.165, 1.54) is 28.6 Å². The molecule has 1 atom stereocenters. The number of aromatic nitrogens is 1. The average molecular weight is 428 g/mol. The van der Waals surface area contributed by atoms with Gasteiger partial charge in [-0.3, -0.25) is 4.79 Å². The van der Waals surface area contributed by atoms with E-state index >= 15 is 0 Å². The van der Waals surface area contributed by atoms with Crippen molar-refractivity contribution in [1.29, 1.82) is 0 Å². The monoisotopic (exact) mass is 427 g/mol. The van der Waals surface area contributed by atoms with Crippen molar-refractivity contribution in [3.8, 4) is 0 Å². The first kappa shape index (κ1) is 20.6. The van der Waals surface area contributed by atoms with Crippen LogP contribution in [0.4, 0.5) is 0 Å². The fraction of sp³-hybridized carbons (Fsp3) is 0.318. The quantitative estimate of drug-likeness (QED) is 0.632. The summed E-state index contributed by atoms with van der Waals surface area (Å²) in [4.78, 5) is 12.6. The van der Waals surface area contributed by atoms with E-state index in [4.69, 9.17) is 0 Å². The number of sulfonamides is 1. The highest BCUT2D eigenvalue weighted by Crippen LogP contribution is 2.22. The van der Waals surface area contributed by atoms with Crippen molar-refractivity contribution in [1.82, 2.24) is 14.2 Å². The van der Waals surface area contributed by atoms with Crippen LogP contribution in [-0.2, 0) is 17.1 Å². The second-order valence-electron chi connectivity index (χ2n) is 7.61. The van der Waals surface area contributed by atoms with Gasteiger partial charge in [-0.05, 0) is 66.3 Å². The van der Waals surface area contributed by atoms with Crippen molar-refractivity contribution in [2.24, 2.45) is 7.05 Å². The standard InChI is InChI=1S/C22H25N3O4S/c1-24-13-10-17-14-18(6-9-20(17)24)21(26)15-23-22(27)16-4-7-19(8-5-16)30(28,29)25-11-2-3-12-25/h4-10,13-14,21,26H,2-3,11-12,15H2,1H3,(H,23,27)/t21-/m0/s1. The molecule has 0 radical (unpaired) electrons. The Hall–Kier alpha value is -2.68. The number of nitrogens with one attached hydrogen (secondary N) is 1. The minimum atomic E-state index is -3.50. The normalized spacial score (nSPS) is 16.1. The maximum Gasteiger partial charge on any atom is 0.251 e. The summed E-state index contributed by atoms with van der Waals surface area (Å²) in [5.74, 6) is -0.361.